The molecule has 0 aliphatic rings. The molecule has 3 rings (SSSR count). The van der Waals surface area contributed by atoms with E-state index in [-0.39, 0.29) is 17.2 Å². The van der Waals surface area contributed by atoms with E-state index in [1.54, 1.807) is 43.5 Å². The zero-order valence-electron chi connectivity index (χ0n) is 13.3. The molecule has 1 heterocycles. The van der Waals surface area contributed by atoms with Crippen molar-refractivity contribution in [2.75, 3.05) is 23.5 Å². The number of hydrogen-bond acceptors (Lipinski definition) is 6. The number of nitrogens with zero attached hydrogens (tertiary/aromatic N) is 2. The van der Waals surface area contributed by atoms with Crippen LogP contribution in [0.3, 0.4) is 0 Å². The van der Waals surface area contributed by atoms with Gasteiger partial charge in [0.2, 0.25) is 0 Å². The smallest absolute Gasteiger partial charge is 0.159 e. The maximum absolute atomic E-state index is 13.8. The van der Waals surface area contributed by atoms with Crippen LogP contribution in [-0.2, 0) is 0 Å². The number of benzene rings is 2. The number of nitrogens with one attached hydrogen (secondary N) is 2. The summed E-state index contributed by atoms with van der Waals surface area (Å²) in [7, 11) is 1.54. The Hall–Kier alpha value is -3.06. The highest BCUT2D eigenvalue weighted by molar-refractivity contribution is 6.31. The molecule has 1 aromatic heterocycles. The highest BCUT2D eigenvalue weighted by Gasteiger charge is 2.12. The Bertz CT molecular complexity index is 906. The molecule has 0 spiro atoms. The van der Waals surface area contributed by atoms with Gasteiger partial charge in [-0.05, 0) is 30.3 Å². The molecule has 0 radical (unpaired) electrons. The van der Waals surface area contributed by atoms with Crippen LogP contribution in [0, 0.1) is 5.82 Å². The van der Waals surface area contributed by atoms with E-state index in [4.69, 9.17) is 22.1 Å². The topological polar surface area (TPSA) is 85.1 Å². The zero-order chi connectivity index (χ0) is 17.8. The summed E-state index contributed by atoms with van der Waals surface area (Å²) in [6.07, 6.45) is 1.32. The van der Waals surface area contributed by atoms with Crippen molar-refractivity contribution in [2.24, 2.45) is 0 Å². The van der Waals surface area contributed by atoms with Gasteiger partial charge in [-0.25, -0.2) is 14.4 Å². The zero-order valence-corrected chi connectivity index (χ0v) is 14.0. The number of nitrogen functional groups attached to an aromatic ring is 1. The molecule has 128 valence electrons. The third-order valence-corrected chi connectivity index (χ3v) is 3.66. The minimum absolute atomic E-state index is 0.229. The van der Waals surface area contributed by atoms with E-state index in [1.165, 1.54) is 12.4 Å². The molecule has 2 aromatic carbocycles. The van der Waals surface area contributed by atoms with Crippen molar-refractivity contribution in [2.45, 2.75) is 0 Å². The summed E-state index contributed by atoms with van der Waals surface area (Å²) in [5.74, 6) is 0.788. The van der Waals surface area contributed by atoms with Gasteiger partial charge in [0.25, 0.3) is 0 Å². The molecule has 4 N–H and O–H groups in total. The predicted octanol–water partition coefficient (Wildman–Crippen LogP) is 4.35. The molecule has 0 atom stereocenters. The van der Waals surface area contributed by atoms with Crippen molar-refractivity contribution >= 4 is 40.3 Å². The lowest BCUT2D eigenvalue weighted by Crippen LogP contribution is -2.06. The molecule has 0 unspecified atom stereocenters. The van der Waals surface area contributed by atoms with E-state index in [9.17, 15) is 4.39 Å². The van der Waals surface area contributed by atoms with Crippen molar-refractivity contribution in [3.05, 3.63) is 59.6 Å². The van der Waals surface area contributed by atoms with E-state index in [1.807, 2.05) is 0 Å². The van der Waals surface area contributed by atoms with Crippen LogP contribution in [0.5, 0.6) is 5.75 Å². The van der Waals surface area contributed by atoms with Gasteiger partial charge in [0.1, 0.15) is 23.6 Å². The predicted molar refractivity (Wildman–Crippen MR) is 97.4 cm³/mol. The van der Waals surface area contributed by atoms with Crippen LogP contribution in [0.15, 0.2) is 48.8 Å². The van der Waals surface area contributed by atoms with E-state index < -0.39 is 5.82 Å². The molecule has 0 aliphatic heterocycles. The Kier molecular flexibility index (Phi) is 4.85. The second-order valence-electron chi connectivity index (χ2n) is 5.06. The highest BCUT2D eigenvalue weighted by atomic mass is 35.5. The normalized spacial score (nSPS) is 10.4. The van der Waals surface area contributed by atoms with Gasteiger partial charge in [-0.1, -0.05) is 23.7 Å². The van der Waals surface area contributed by atoms with Gasteiger partial charge in [0.15, 0.2) is 11.6 Å². The Balaban J connectivity index is 1.92. The van der Waals surface area contributed by atoms with E-state index >= 15 is 0 Å². The molecule has 0 bridgehead atoms. The first-order valence-corrected chi connectivity index (χ1v) is 7.69. The Labute approximate surface area is 148 Å². The standard InChI is InChI=1S/C17H15ClFN5O/c1-25-14-7-6-10(18)8-13(14)24-17-15(20)16(21-9-22-17)23-12-5-3-2-4-11(12)19/h2-9H,20H2,1H3,(H2,21,22,23,24). The number of rotatable bonds is 5. The fourth-order valence-electron chi connectivity index (χ4n) is 2.19. The van der Waals surface area contributed by atoms with Gasteiger partial charge in [-0.15, -0.1) is 0 Å². The number of para-hydroxylation sites is 1. The average molecular weight is 360 g/mol. The quantitative estimate of drug-likeness (QED) is 0.628. The molecule has 0 amide bonds. The molecule has 3 aromatic rings. The summed E-state index contributed by atoms with van der Waals surface area (Å²) < 4.78 is 19.1. The Morgan fingerprint density at radius 2 is 1.72 bits per heavy atom. The second-order valence-corrected chi connectivity index (χ2v) is 5.50. The number of aromatic nitrogens is 2. The summed E-state index contributed by atoms with van der Waals surface area (Å²) in [4.78, 5) is 8.19. The maximum atomic E-state index is 13.8. The van der Waals surface area contributed by atoms with Crippen LogP contribution >= 0.6 is 11.6 Å². The van der Waals surface area contributed by atoms with Gasteiger partial charge < -0.3 is 21.1 Å². The van der Waals surface area contributed by atoms with E-state index in [0.29, 0.717) is 22.3 Å². The number of halogens is 2. The maximum Gasteiger partial charge on any atom is 0.159 e. The first-order valence-electron chi connectivity index (χ1n) is 7.31. The van der Waals surface area contributed by atoms with E-state index in [2.05, 4.69) is 20.6 Å². The average Bonchev–Trinajstić information content (AvgIpc) is 2.60. The molecule has 8 heteroatoms. The first-order chi connectivity index (χ1) is 12.1. The molecule has 0 saturated heterocycles. The molecule has 6 nitrogen and oxygen atoms in total. The lowest BCUT2D eigenvalue weighted by molar-refractivity contribution is 0.417. The number of methoxy groups -OCH3 is 1. The number of hydrogen-bond donors (Lipinski definition) is 3. The Morgan fingerprint density at radius 1 is 1.04 bits per heavy atom. The summed E-state index contributed by atoms with van der Waals surface area (Å²) in [5, 5.41) is 6.44. The van der Waals surface area contributed by atoms with Gasteiger partial charge in [-0.3, -0.25) is 0 Å². The minimum atomic E-state index is -0.411. The van der Waals surface area contributed by atoms with Crippen molar-refractivity contribution in [1.29, 1.82) is 0 Å². The SMILES string of the molecule is COc1ccc(Cl)cc1Nc1ncnc(Nc2ccccc2F)c1N. The molecule has 0 aliphatic carbocycles. The van der Waals surface area contributed by atoms with E-state index in [0.717, 1.165) is 0 Å². The molecular formula is C17H15ClFN5O. The van der Waals surface area contributed by atoms with Crippen LogP contribution in [0.4, 0.5) is 33.1 Å². The van der Waals surface area contributed by atoms with Gasteiger partial charge in [0.05, 0.1) is 18.5 Å². The molecule has 0 saturated carbocycles. The van der Waals surface area contributed by atoms with Gasteiger partial charge in [0, 0.05) is 5.02 Å². The summed E-state index contributed by atoms with van der Waals surface area (Å²) in [6.45, 7) is 0. The largest absolute Gasteiger partial charge is 0.495 e. The summed E-state index contributed by atoms with van der Waals surface area (Å²) >= 11 is 6.02. The Morgan fingerprint density at radius 3 is 2.40 bits per heavy atom. The third-order valence-electron chi connectivity index (χ3n) is 3.43. The monoisotopic (exact) mass is 359 g/mol. The number of ether oxygens (including phenoxy) is 1. The lowest BCUT2D eigenvalue weighted by Gasteiger charge is -2.14. The highest BCUT2D eigenvalue weighted by Crippen LogP contribution is 2.33. The first kappa shape index (κ1) is 16.8. The molecule has 0 fully saturated rings. The van der Waals surface area contributed by atoms with Crippen LogP contribution in [0.25, 0.3) is 0 Å². The van der Waals surface area contributed by atoms with Crippen LogP contribution in [0.1, 0.15) is 0 Å². The summed E-state index contributed by atoms with van der Waals surface area (Å²) in [5.41, 5.74) is 7.20. The second kappa shape index (κ2) is 7.23. The fourth-order valence-corrected chi connectivity index (χ4v) is 2.36. The lowest BCUT2D eigenvalue weighted by atomic mass is 10.2. The van der Waals surface area contributed by atoms with Crippen molar-refractivity contribution in [3.63, 3.8) is 0 Å². The van der Waals surface area contributed by atoms with Crippen LogP contribution in [0.2, 0.25) is 5.02 Å². The molecular weight excluding hydrogens is 345 g/mol. The third kappa shape index (κ3) is 3.72. The number of anilines is 5. The number of nitrogens with two attached hydrogens (primary N) is 1. The van der Waals surface area contributed by atoms with Crippen molar-refractivity contribution < 1.29 is 9.13 Å². The minimum Gasteiger partial charge on any atom is -0.495 e. The van der Waals surface area contributed by atoms with Crippen LogP contribution in [-0.4, -0.2) is 17.1 Å². The van der Waals surface area contributed by atoms with Gasteiger partial charge in [-0.2, -0.15) is 0 Å². The summed E-state index contributed by atoms with van der Waals surface area (Å²) in [6, 6.07) is 11.4. The van der Waals surface area contributed by atoms with Crippen LogP contribution < -0.4 is 21.1 Å². The van der Waals surface area contributed by atoms with Crippen molar-refractivity contribution in [3.8, 4) is 5.75 Å². The fraction of sp³-hybridized carbons (Fsp3) is 0.0588. The molecule has 25 heavy (non-hydrogen) atoms. The van der Waals surface area contributed by atoms with Crippen molar-refractivity contribution in [1.82, 2.24) is 9.97 Å². The van der Waals surface area contributed by atoms with Gasteiger partial charge >= 0.3 is 0 Å².